The standard InChI is InChI=1S/C20H17F3N2OS2/c1-2-9-25-18(26)16-14-7-4-8-15(14)28-17(16)24-19(25)27-11-12-5-3-6-13(10-12)20(21,22)23/h2-3,5-6,10H,1,4,7-9,11H2. The molecule has 28 heavy (non-hydrogen) atoms. The zero-order chi connectivity index (χ0) is 19.9. The van der Waals surface area contributed by atoms with Crippen LogP contribution in [0, 0.1) is 0 Å². The molecule has 0 atom stereocenters. The van der Waals surface area contributed by atoms with E-state index in [-0.39, 0.29) is 5.56 Å². The fourth-order valence-corrected chi connectivity index (χ4v) is 5.70. The van der Waals surface area contributed by atoms with Crippen molar-refractivity contribution in [2.24, 2.45) is 0 Å². The number of thioether (sulfide) groups is 1. The molecule has 0 fully saturated rings. The number of allylic oxidation sites excluding steroid dienone is 1. The van der Waals surface area contributed by atoms with E-state index in [0.717, 1.165) is 41.8 Å². The first-order chi connectivity index (χ1) is 13.4. The third kappa shape index (κ3) is 3.51. The van der Waals surface area contributed by atoms with Crippen LogP contribution in [-0.4, -0.2) is 9.55 Å². The van der Waals surface area contributed by atoms with E-state index in [1.807, 2.05) is 0 Å². The zero-order valence-electron chi connectivity index (χ0n) is 14.9. The summed E-state index contributed by atoms with van der Waals surface area (Å²) in [6.07, 6.45) is 0.196. The third-order valence-corrected chi connectivity index (χ3v) is 6.96. The Hall–Kier alpha value is -2.06. The molecule has 8 heteroatoms. The van der Waals surface area contributed by atoms with E-state index in [1.54, 1.807) is 28.0 Å². The highest BCUT2D eigenvalue weighted by Crippen LogP contribution is 2.36. The van der Waals surface area contributed by atoms with E-state index in [9.17, 15) is 18.0 Å². The number of benzene rings is 1. The number of thiophene rings is 1. The Labute approximate surface area is 167 Å². The number of aryl methyl sites for hydroxylation is 2. The molecular weight excluding hydrogens is 405 g/mol. The molecule has 0 saturated carbocycles. The van der Waals surface area contributed by atoms with Crippen molar-refractivity contribution < 1.29 is 13.2 Å². The lowest BCUT2D eigenvalue weighted by Gasteiger charge is -2.11. The van der Waals surface area contributed by atoms with Gasteiger partial charge in [0.05, 0.1) is 10.9 Å². The molecule has 1 aliphatic rings. The zero-order valence-corrected chi connectivity index (χ0v) is 16.5. The first-order valence-electron chi connectivity index (χ1n) is 8.83. The highest BCUT2D eigenvalue weighted by molar-refractivity contribution is 7.98. The number of alkyl halides is 3. The molecule has 0 saturated heterocycles. The van der Waals surface area contributed by atoms with Gasteiger partial charge in [-0.25, -0.2) is 4.98 Å². The molecule has 0 N–H and O–H groups in total. The van der Waals surface area contributed by atoms with Crippen molar-refractivity contribution in [1.29, 1.82) is 0 Å². The van der Waals surface area contributed by atoms with Gasteiger partial charge >= 0.3 is 6.18 Å². The van der Waals surface area contributed by atoms with E-state index in [2.05, 4.69) is 11.6 Å². The summed E-state index contributed by atoms with van der Waals surface area (Å²) in [5, 5.41) is 1.21. The van der Waals surface area contributed by atoms with Crippen LogP contribution < -0.4 is 5.56 Å². The summed E-state index contributed by atoms with van der Waals surface area (Å²) in [6, 6.07) is 5.24. The van der Waals surface area contributed by atoms with Crippen molar-refractivity contribution in [3.8, 4) is 0 Å². The van der Waals surface area contributed by atoms with Crippen LogP contribution in [-0.2, 0) is 31.3 Å². The minimum absolute atomic E-state index is 0.0872. The minimum Gasteiger partial charge on any atom is -0.283 e. The van der Waals surface area contributed by atoms with Crippen molar-refractivity contribution in [2.75, 3.05) is 0 Å². The molecule has 0 unspecified atom stereocenters. The molecule has 1 aliphatic carbocycles. The van der Waals surface area contributed by atoms with Gasteiger partial charge in [0.15, 0.2) is 5.16 Å². The van der Waals surface area contributed by atoms with Crippen molar-refractivity contribution in [2.45, 2.75) is 42.9 Å². The largest absolute Gasteiger partial charge is 0.416 e. The van der Waals surface area contributed by atoms with Gasteiger partial charge in [0.2, 0.25) is 0 Å². The number of aromatic nitrogens is 2. The predicted octanol–water partition coefficient (Wildman–Crippen LogP) is 5.44. The number of hydrogen-bond donors (Lipinski definition) is 0. The summed E-state index contributed by atoms with van der Waals surface area (Å²) in [4.78, 5) is 19.7. The Balaban J connectivity index is 1.70. The van der Waals surface area contributed by atoms with Crippen LogP contribution in [0.5, 0.6) is 0 Å². The minimum atomic E-state index is -4.37. The first-order valence-corrected chi connectivity index (χ1v) is 10.6. The van der Waals surface area contributed by atoms with E-state index in [4.69, 9.17) is 0 Å². The highest BCUT2D eigenvalue weighted by atomic mass is 32.2. The molecule has 0 spiro atoms. The smallest absolute Gasteiger partial charge is 0.283 e. The lowest BCUT2D eigenvalue weighted by atomic mass is 10.1. The Morgan fingerprint density at radius 3 is 2.89 bits per heavy atom. The van der Waals surface area contributed by atoms with Crippen LogP contribution in [0.3, 0.4) is 0 Å². The Morgan fingerprint density at radius 1 is 1.32 bits per heavy atom. The van der Waals surface area contributed by atoms with Crippen LogP contribution in [0.25, 0.3) is 10.2 Å². The second-order valence-corrected chi connectivity index (χ2v) is 8.65. The number of hydrogen-bond acceptors (Lipinski definition) is 4. The van der Waals surface area contributed by atoms with Gasteiger partial charge in [-0.05, 0) is 36.5 Å². The molecule has 146 valence electrons. The van der Waals surface area contributed by atoms with Gasteiger partial charge in [0.1, 0.15) is 4.83 Å². The molecule has 0 radical (unpaired) electrons. The van der Waals surface area contributed by atoms with Crippen LogP contribution in [0.4, 0.5) is 13.2 Å². The molecule has 4 rings (SSSR count). The van der Waals surface area contributed by atoms with Crippen LogP contribution in [0.15, 0.2) is 46.9 Å². The molecule has 0 aliphatic heterocycles. The molecule has 2 heterocycles. The molecular formula is C20H17F3N2OS2. The summed E-state index contributed by atoms with van der Waals surface area (Å²) in [5.74, 6) is 0.296. The van der Waals surface area contributed by atoms with Crippen LogP contribution in [0.1, 0.15) is 28.0 Å². The van der Waals surface area contributed by atoms with Crippen molar-refractivity contribution in [3.63, 3.8) is 0 Å². The Morgan fingerprint density at radius 2 is 2.14 bits per heavy atom. The molecule has 0 amide bonds. The second kappa shape index (κ2) is 7.40. The van der Waals surface area contributed by atoms with Gasteiger partial charge in [0, 0.05) is 17.2 Å². The molecule has 0 bridgehead atoms. The van der Waals surface area contributed by atoms with Crippen molar-refractivity contribution >= 4 is 33.3 Å². The average molecular weight is 422 g/mol. The van der Waals surface area contributed by atoms with Gasteiger partial charge in [-0.2, -0.15) is 13.2 Å². The number of rotatable bonds is 5. The van der Waals surface area contributed by atoms with E-state index >= 15 is 0 Å². The predicted molar refractivity (Wildman–Crippen MR) is 107 cm³/mol. The monoisotopic (exact) mass is 422 g/mol. The Kier molecular flexibility index (Phi) is 5.09. The van der Waals surface area contributed by atoms with E-state index in [0.29, 0.717) is 28.4 Å². The second-order valence-electron chi connectivity index (χ2n) is 6.62. The van der Waals surface area contributed by atoms with E-state index < -0.39 is 11.7 Å². The normalized spacial score (nSPS) is 13.8. The van der Waals surface area contributed by atoms with E-state index in [1.165, 1.54) is 22.7 Å². The maximum absolute atomic E-state index is 13.1. The molecule has 3 aromatic rings. The summed E-state index contributed by atoms with van der Waals surface area (Å²) >= 11 is 2.83. The third-order valence-electron chi connectivity index (χ3n) is 4.72. The summed E-state index contributed by atoms with van der Waals surface area (Å²) in [6.45, 7) is 4.03. The maximum Gasteiger partial charge on any atom is 0.416 e. The van der Waals surface area contributed by atoms with Crippen molar-refractivity contribution in [1.82, 2.24) is 9.55 Å². The molecule has 2 aromatic heterocycles. The van der Waals surface area contributed by atoms with Gasteiger partial charge in [-0.15, -0.1) is 17.9 Å². The fraction of sp³-hybridized carbons (Fsp3) is 0.300. The van der Waals surface area contributed by atoms with Gasteiger partial charge in [-0.3, -0.25) is 9.36 Å². The number of halogens is 3. The summed E-state index contributed by atoms with van der Waals surface area (Å²) in [7, 11) is 0. The number of nitrogens with zero attached hydrogens (tertiary/aromatic N) is 2. The summed E-state index contributed by atoms with van der Waals surface area (Å²) < 4.78 is 40.4. The van der Waals surface area contributed by atoms with Crippen LogP contribution >= 0.6 is 23.1 Å². The van der Waals surface area contributed by atoms with Crippen molar-refractivity contribution in [3.05, 3.63) is 68.8 Å². The molecule has 1 aromatic carbocycles. The van der Waals surface area contributed by atoms with Gasteiger partial charge in [0.25, 0.3) is 5.56 Å². The SMILES string of the molecule is C=CCn1c(SCc2cccc(C(F)(F)F)c2)nc2sc3c(c2c1=O)CCC3. The lowest BCUT2D eigenvalue weighted by Crippen LogP contribution is -2.22. The number of fused-ring (bicyclic) bond motifs is 3. The van der Waals surface area contributed by atoms with Gasteiger partial charge < -0.3 is 0 Å². The molecule has 3 nitrogen and oxygen atoms in total. The first kappa shape index (κ1) is 19.3. The maximum atomic E-state index is 13.1. The fourth-order valence-electron chi connectivity index (χ4n) is 3.44. The lowest BCUT2D eigenvalue weighted by molar-refractivity contribution is -0.137. The highest BCUT2D eigenvalue weighted by Gasteiger charge is 2.30. The quantitative estimate of drug-likeness (QED) is 0.312. The topological polar surface area (TPSA) is 34.9 Å². The van der Waals surface area contributed by atoms with Gasteiger partial charge in [-0.1, -0.05) is 36.0 Å². The Bertz CT molecular complexity index is 1120. The average Bonchev–Trinajstić information content (AvgIpc) is 3.23. The van der Waals surface area contributed by atoms with Crippen LogP contribution in [0.2, 0.25) is 0 Å². The summed E-state index contributed by atoms with van der Waals surface area (Å²) in [5.41, 5.74) is 0.890.